The summed E-state index contributed by atoms with van der Waals surface area (Å²) < 4.78 is 1.92. The molecule has 0 spiro atoms. The maximum absolute atomic E-state index is 10.3. The molecule has 0 amide bonds. The molecule has 0 radical (unpaired) electrons. The Morgan fingerprint density at radius 3 is 2.68 bits per heavy atom. The molecule has 2 rings (SSSR count). The number of hydrogen-bond acceptors (Lipinski definition) is 2. The van der Waals surface area contributed by atoms with E-state index in [2.05, 4.69) is 5.10 Å². The molecule has 19 heavy (non-hydrogen) atoms. The van der Waals surface area contributed by atoms with Crippen molar-refractivity contribution in [2.45, 2.75) is 39.8 Å². The second-order valence-electron chi connectivity index (χ2n) is 4.84. The molecule has 0 bridgehead atoms. The fourth-order valence-electron chi connectivity index (χ4n) is 2.25. The molecule has 102 valence electrons. The number of aromatic nitrogens is 2. The van der Waals surface area contributed by atoms with Crippen molar-refractivity contribution in [3.05, 3.63) is 51.8 Å². The smallest absolute Gasteiger partial charge is 0.0859 e. The van der Waals surface area contributed by atoms with Gasteiger partial charge in [-0.25, -0.2) is 0 Å². The van der Waals surface area contributed by atoms with Gasteiger partial charge in [-0.2, -0.15) is 5.10 Å². The molecule has 3 nitrogen and oxygen atoms in total. The van der Waals surface area contributed by atoms with Crippen molar-refractivity contribution in [2.75, 3.05) is 0 Å². The summed E-state index contributed by atoms with van der Waals surface area (Å²) in [6.07, 6.45) is -0.0771. The Bertz CT molecular complexity index is 578. The van der Waals surface area contributed by atoms with Crippen LogP contribution >= 0.6 is 11.6 Å². The highest BCUT2D eigenvalue weighted by Crippen LogP contribution is 2.26. The van der Waals surface area contributed by atoms with Gasteiger partial charge in [0.05, 0.1) is 11.8 Å². The van der Waals surface area contributed by atoms with Gasteiger partial charge in [0.2, 0.25) is 0 Å². The van der Waals surface area contributed by atoms with Gasteiger partial charge < -0.3 is 5.11 Å². The predicted molar refractivity (Wildman–Crippen MR) is 77.5 cm³/mol. The van der Waals surface area contributed by atoms with E-state index < -0.39 is 6.10 Å². The van der Waals surface area contributed by atoms with E-state index >= 15 is 0 Å². The van der Waals surface area contributed by atoms with Crippen LogP contribution in [0.4, 0.5) is 0 Å². The van der Waals surface area contributed by atoms with Crippen LogP contribution in [-0.4, -0.2) is 14.9 Å². The van der Waals surface area contributed by atoms with Gasteiger partial charge in [-0.3, -0.25) is 4.68 Å². The molecule has 1 atom stereocenters. The Morgan fingerprint density at radius 2 is 2.05 bits per heavy atom. The SMILES string of the molecule is CCn1nc(C)cc1CC(O)c1ccc(C)cc1Cl. The molecular weight excluding hydrogens is 260 g/mol. The third-order valence-corrected chi connectivity index (χ3v) is 3.53. The average molecular weight is 279 g/mol. The first kappa shape index (κ1) is 14.1. The predicted octanol–water partition coefficient (Wildman–Crippen LogP) is 3.45. The zero-order valence-corrected chi connectivity index (χ0v) is 12.3. The number of benzene rings is 1. The van der Waals surface area contributed by atoms with Gasteiger partial charge in [0.25, 0.3) is 0 Å². The van der Waals surface area contributed by atoms with E-state index in [1.807, 2.05) is 49.7 Å². The van der Waals surface area contributed by atoms with Gasteiger partial charge in [-0.05, 0) is 44.0 Å². The second kappa shape index (κ2) is 5.76. The lowest BCUT2D eigenvalue weighted by Crippen LogP contribution is -2.09. The van der Waals surface area contributed by atoms with Gasteiger partial charge in [-0.15, -0.1) is 0 Å². The summed E-state index contributed by atoms with van der Waals surface area (Å²) in [7, 11) is 0. The molecule has 0 aliphatic heterocycles. The third kappa shape index (κ3) is 3.17. The molecule has 2 aromatic rings. The summed E-state index contributed by atoms with van der Waals surface area (Å²) in [5.74, 6) is 0. The summed E-state index contributed by atoms with van der Waals surface area (Å²) in [5.41, 5.74) is 3.87. The molecule has 0 aliphatic rings. The fourth-order valence-corrected chi connectivity index (χ4v) is 2.61. The van der Waals surface area contributed by atoms with Crippen LogP contribution < -0.4 is 0 Å². The van der Waals surface area contributed by atoms with E-state index in [1.165, 1.54) is 0 Å². The van der Waals surface area contributed by atoms with E-state index in [0.717, 1.165) is 29.1 Å². The first-order chi connectivity index (χ1) is 9.01. The number of nitrogens with zero attached hydrogens (tertiary/aromatic N) is 2. The first-order valence-corrected chi connectivity index (χ1v) is 6.86. The second-order valence-corrected chi connectivity index (χ2v) is 5.24. The summed E-state index contributed by atoms with van der Waals surface area (Å²) in [6.45, 7) is 6.79. The third-order valence-electron chi connectivity index (χ3n) is 3.20. The highest BCUT2D eigenvalue weighted by Gasteiger charge is 2.15. The molecule has 0 fully saturated rings. The quantitative estimate of drug-likeness (QED) is 0.930. The van der Waals surface area contributed by atoms with Crippen LogP contribution in [0.2, 0.25) is 5.02 Å². The van der Waals surface area contributed by atoms with Crippen molar-refractivity contribution in [3.8, 4) is 0 Å². The summed E-state index contributed by atoms with van der Waals surface area (Å²) >= 11 is 6.19. The topological polar surface area (TPSA) is 38.0 Å². The molecule has 1 unspecified atom stereocenters. The minimum atomic E-state index is -0.602. The zero-order chi connectivity index (χ0) is 14.0. The van der Waals surface area contributed by atoms with Crippen LogP contribution in [0.3, 0.4) is 0 Å². The number of halogens is 1. The molecular formula is C15H19ClN2O. The number of hydrogen-bond donors (Lipinski definition) is 1. The Morgan fingerprint density at radius 1 is 1.32 bits per heavy atom. The van der Waals surface area contributed by atoms with Crippen molar-refractivity contribution in [2.24, 2.45) is 0 Å². The average Bonchev–Trinajstić information content (AvgIpc) is 2.69. The standard InChI is InChI=1S/C15H19ClN2O/c1-4-18-12(8-11(3)17-18)9-15(19)13-6-5-10(2)7-14(13)16/h5-8,15,19H,4,9H2,1-3H3. The Balaban J connectivity index is 2.22. The Hall–Kier alpha value is -1.32. The van der Waals surface area contributed by atoms with Crippen molar-refractivity contribution >= 4 is 11.6 Å². The van der Waals surface area contributed by atoms with Crippen molar-refractivity contribution in [1.29, 1.82) is 0 Å². The maximum Gasteiger partial charge on any atom is 0.0859 e. The van der Waals surface area contributed by atoms with E-state index in [0.29, 0.717) is 11.4 Å². The van der Waals surface area contributed by atoms with Gasteiger partial charge >= 0.3 is 0 Å². The van der Waals surface area contributed by atoms with Crippen LogP contribution in [0, 0.1) is 13.8 Å². The number of aryl methyl sites for hydroxylation is 3. The number of rotatable bonds is 4. The van der Waals surface area contributed by atoms with Crippen LogP contribution in [-0.2, 0) is 13.0 Å². The zero-order valence-electron chi connectivity index (χ0n) is 11.5. The Kier molecular flexibility index (Phi) is 4.27. The van der Waals surface area contributed by atoms with Crippen LogP contribution in [0.5, 0.6) is 0 Å². The number of aliphatic hydroxyl groups excluding tert-OH is 1. The largest absolute Gasteiger partial charge is 0.388 e. The normalized spacial score (nSPS) is 12.7. The molecule has 1 aromatic carbocycles. The van der Waals surface area contributed by atoms with E-state index in [-0.39, 0.29) is 0 Å². The molecule has 0 saturated heterocycles. The monoisotopic (exact) mass is 278 g/mol. The van der Waals surface area contributed by atoms with Crippen molar-refractivity contribution in [1.82, 2.24) is 9.78 Å². The summed E-state index contributed by atoms with van der Waals surface area (Å²) in [4.78, 5) is 0. The Labute approximate surface area is 118 Å². The highest BCUT2D eigenvalue weighted by atomic mass is 35.5. The van der Waals surface area contributed by atoms with Crippen LogP contribution in [0.1, 0.15) is 35.5 Å². The minimum absolute atomic E-state index is 0.525. The number of aliphatic hydroxyl groups is 1. The first-order valence-electron chi connectivity index (χ1n) is 6.48. The minimum Gasteiger partial charge on any atom is -0.388 e. The summed E-state index contributed by atoms with van der Waals surface area (Å²) in [5, 5.41) is 15.4. The van der Waals surface area contributed by atoms with Gasteiger partial charge in [0, 0.05) is 23.7 Å². The molecule has 4 heteroatoms. The molecule has 0 aliphatic carbocycles. The molecule has 1 aromatic heterocycles. The molecule has 1 heterocycles. The highest BCUT2D eigenvalue weighted by molar-refractivity contribution is 6.31. The van der Waals surface area contributed by atoms with Crippen LogP contribution in [0.15, 0.2) is 24.3 Å². The van der Waals surface area contributed by atoms with Crippen molar-refractivity contribution in [3.63, 3.8) is 0 Å². The van der Waals surface area contributed by atoms with Crippen LogP contribution in [0.25, 0.3) is 0 Å². The molecule has 1 N–H and O–H groups in total. The van der Waals surface area contributed by atoms with Gasteiger partial charge in [0.15, 0.2) is 0 Å². The summed E-state index contributed by atoms with van der Waals surface area (Å²) in [6, 6.07) is 7.74. The van der Waals surface area contributed by atoms with E-state index in [1.54, 1.807) is 0 Å². The van der Waals surface area contributed by atoms with Gasteiger partial charge in [-0.1, -0.05) is 23.7 Å². The lowest BCUT2D eigenvalue weighted by Gasteiger charge is -2.14. The molecule has 0 saturated carbocycles. The van der Waals surface area contributed by atoms with E-state index in [9.17, 15) is 5.11 Å². The fraction of sp³-hybridized carbons (Fsp3) is 0.400. The van der Waals surface area contributed by atoms with Gasteiger partial charge in [0.1, 0.15) is 0 Å². The lowest BCUT2D eigenvalue weighted by atomic mass is 10.0. The van der Waals surface area contributed by atoms with Crippen molar-refractivity contribution < 1.29 is 5.11 Å². The van der Waals surface area contributed by atoms with E-state index in [4.69, 9.17) is 11.6 Å². The maximum atomic E-state index is 10.3. The lowest BCUT2D eigenvalue weighted by molar-refractivity contribution is 0.175.